The minimum atomic E-state index is -5.08. The molecule has 3 fully saturated rings. The number of nitrogens with one attached hydrogen (secondary N) is 1. The molecule has 0 aromatic carbocycles. The number of halogens is 3. The number of aliphatic imine (C=N–C) groups is 1. The number of rotatable bonds is 2. The number of imide groups is 1. The molecule has 3 saturated heterocycles. The van der Waals surface area contributed by atoms with Crippen LogP contribution in [0.3, 0.4) is 0 Å². The first-order valence-corrected chi connectivity index (χ1v) is 11.2. The van der Waals surface area contributed by atoms with Crippen LogP contribution >= 0.6 is 0 Å². The summed E-state index contributed by atoms with van der Waals surface area (Å²) in [7, 11) is 1.54. The Hall–Kier alpha value is -3.05. The zero-order chi connectivity index (χ0) is 26.0. The molecule has 0 aromatic rings. The highest BCUT2D eigenvalue weighted by atomic mass is 19.4. The molecule has 3 unspecified atom stereocenters. The van der Waals surface area contributed by atoms with Crippen LogP contribution < -0.4 is 5.32 Å². The van der Waals surface area contributed by atoms with Gasteiger partial charge in [-0.2, -0.15) is 13.2 Å². The number of guanidine groups is 1. The highest BCUT2D eigenvalue weighted by Crippen LogP contribution is 2.40. The van der Waals surface area contributed by atoms with E-state index in [1.54, 1.807) is 18.9 Å². The number of alkyl halides is 3. The second-order valence-electron chi connectivity index (χ2n) is 8.52. The second kappa shape index (κ2) is 10.3. The number of piperazine rings is 1. The van der Waals surface area contributed by atoms with Gasteiger partial charge in [-0.1, -0.05) is 5.92 Å². The fraction of sp³-hybridized carbons (Fsp3) is 0.714. The van der Waals surface area contributed by atoms with Crippen molar-refractivity contribution in [2.45, 2.75) is 50.8 Å². The van der Waals surface area contributed by atoms with Gasteiger partial charge in [-0.3, -0.25) is 14.6 Å². The summed E-state index contributed by atoms with van der Waals surface area (Å²) < 4.78 is 37.6. The highest BCUT2D eigenvalue weighted by Gasteiger charge is 2.62. The van der Waals surface area contributed by atoms with E-state index in [1.165, 1.54) is 4.90 Å². The van der Waals surface area contributed by atoms with Gasteiger partial charge in [-0.05, 0) is 26.7 Å². The molecule has 4 rings (SSSR count). The lowest BCUT2D eigenvalue weighted by Gasteiger charge is -2.49. The zero-order valence-electron chi connectivity index (χ0n) is 19.8. The maximum absolute atomic E-state index is 13.2. The number of ether oxygens (including phenoxy) is 1. The summed E-state index contributed by atoms with van der Waals surface area (Å²) in [5.41, 5.74) is -1.01. The average molecular weight is 502 g/mol. The number of carbonyl (C=O) groups is 3. The van der Waals surface area contributed by atoms with Crippen molar-refractivity contribution in [2.24, 2.45) is 4.99 Å². The van der Waals surface area contributed by atoms with Gasteiger partial charge in [0, 0.05) is 39.8 Å². The Bertz CT molecular complexity index is 936. The number of amides is 3. The van der Waals surface area contributed by atoms with Gasteiger partial charge in [-0.15, -0.1) is 5.92 Å². The van der Waals surface area contributed by atoms with Crippen molar-refractivity contribution in [3.63, 3.8) is 0 Å². The number of carbonyl (C=O) groups excluding carboxylic acids is 2. The molecule has 0 radical (unpaired) electrons. The minimum absolute atomic E-state index is 0.242. The lowest BCUT2D eigenvalue weighted by atomic mass is 9.96. The maximum atomic E-state index is 13.2. The highest BCUT2D eigenvalue weighted by molar-refractivity contribution is 6.04. The molecular weight excluding hydrogens is 473 g/mol. The summed E-state index contributed by atoms with van der Waals surface area (Å²) in [5, 5.41) is 10.5. The Kier molecular flexibility index (Phi) is 7.80. The lowest BCUT2D eigenvalue weighted by molar-refractivity contribution is -0.192. The van der Waals surface area contributed by atoms with Gasteiger partial charge < -0.3 is 25.0 Å². The van der Waals surface area contributed by atoms with Gasteiger partial charge in [0.05, 0.1) is 6.54 Å². The van der Waals surface area contributed by atoms with Crippen molar-refractivity contribution in [2.75, 3.05) is 46.4 Å². The molecule has 14 heteroatoms. The molecule has 4 aliphatic heterocycles. The molecule has 4 aliphatic rings. The fourth-order valence-corrected chi connectivity index (χ4v) is 4.55. The van der Waals surface area contributed by atoms with Crippen LogP contribution in [-0.2, 0) is 14.3 Å². The van der Waals surface area contributed by atoms with Gasteiger partial charge in [0.25, 0.3) is 5.91 Å². The van der Waals surface area contributed by atoms with Crippen molar-refractivity contribution < 1.29 is 37.4 Å². The molecular formula is C21H29F3N6O5. The first-order valence-electron chi connectivity index (χ1n) is 11.2. The van der Waals surface area contributed by atoms with Crippen molar-refractivity contribution in [3.05, 3.63) is 0 Å². The predicted octanol–water partition coefficient (Wildman–Crippen LogP) is 0.335. The smallest absolute Gasteiger partial charge is 0.475 e. The molecule has 0 spiro atoms. The Morgan fingerprint density at radius 2 is 1.94 bits per heavy atom. The predicted molar refractivity (Wildman–Crippen MR) is 117 cm³/mol. The first-order chi connectivity index (χ1) is 16.4. The van der Waals surface area contributed by atoms with Gasteiger partial charge >= 0.3 is 18.2 Å². The topological polar surface area (TPSA) is 118 Å². The number of hydrogen-bond acceptors (Lipinski definition) is 8. The third-order valence-electron chi connectivity index (χ3n) is 6.22. The number of hydrogen-bond donors (Lipinski definition) is 2. The summed E-state index contributed by atoms with van der Waals surface area (Å²) in [5.74, 6) is 3.75. The van der Waals surface area contributed by atoms with Crippen molar-refractivity contribution >= 4 is 23.9 Å². The molecule has 0 bridgehead atoms. The van der Waals surface area contributed by atoms with E-state index < -0.39 is 23.9 Å². The van der Waals surface area contributed by atoms with E-state index in [2.05, 4.69) is 22.1 Å². The number of carboxylic acids is 1. The summed E-state index contributed by atoms with van der Waals surface area (Å²) in [6.45, 7) is 7.99. The van der Waals surface area contributed by atoms with Gasteiger partial charge in [0.15, 0.2) is 11.7 Å². The number of aliphatic carboxylic acids is 1. The standard InChI is InChI=1S/C19H28N6O3.C2HF3O2/c1-4-5-10-24-15-16(26)22(3)18(27)25(14-7-6-13-28-14)19(15,2)21-17(24)23-11-8-20-9-12-23;3-2(4,5)1(6)7/h14-15,20H,6-13H2,1-3H3;(H,6,7). The third kappa shape index (κ3) is 5.15. The first kappa shape index (κ1) is 26.6. The molecule has 0 aliphatic carbocycles. The maximum Gasteiger partial charge on any atom is 0.490 e. The van der Waals surface area contributed by atoms with E-state index >= 15 is 0 Å². The van der Waals surface area contributed by atoms with Crippen molar-refractivity contribution in [3.8, 4) is 11.8 Å². The number of fused-ring (bicyclic) bond motifs is 1. The van der Waals surface area contributed by atoms with E-state index in [9.17, 15) is 22.8 Å². The van der Waals surface area contributed by atoms with E-state index in [4.69, 9.17) is 19.6 Å². The zero-order valence-corrected chi connectivity index (χ0v) is 19.8. The van der Waals surface area contributed by atoms with E-state index in [-0.39, 0.29) is 18.2 Å². The molecule has 2 N–H and O–H groups in total. The van der Waals surface area contributed by atoms with E-state index in [0.29, 0.717) is 13.2 Å². The van der Waals surface area contributed by atoms with E-state index in [1.807, 2.05) is 11.8 Å². The molecule has 0 saturated carbocycles. The SMILES string of the molecule is CC#CCN1C(N2CCNCC2)=NC2(C)C1C(=O)N(C)C(=O)N2C1CCCO1.O=C(O)C(F)(F)F. The summed E-state index contributed by atoms with van der Waals surface area (Å²) in [6, 6.07) is -0.951. The van der Waals surface area contributed by atoms with Crippen LogP contribution in [0, 0.1) is 11.8 Å². The Balaban J connectivity index is 0.000000429. The number of carboxylic acid groups (broad SMARTS) is 1. The van der Waals surface area contributed by atoms with Crippen LogP contribution in [0.25, 0.3) is 0 Å². The van der Waals surface area contributed by atoms with Gasteiger partial charge in [-0.25, -0.2) is 14.6 Å². The molecule has 3 atom stereocenters. The second-order valence-corrected chi connectivity index (χ2v) is 8.52. The summed E-state index contributed by atoms with van der Waals surface area (Å²) >= 11 is 0. The number of likely N-dealkylation sites (N-methyl/N-ethyl adjacent to an activating group) is 1. The van der Waals surface area contributed by atoms with Gasteiger partial charge in [0.1, 0.15) is 6.23 Å². The Labute approximate surface area is 200 Å². The van der Waals surface area contributed by atoms with Crippen LogP contribution in [0.5, 0.6) is 0 Å². The summed E-state index contributed by atoms with van der Waals surface area (Å²) in [6.07, 6.45) is -3.80. The van der Waals surface area contributed by atoms with Crippen molar-refractivity contribution in [1.82, 2.24) is 24.9 Å². The average Bonchev–Trinajstić information content (AvgIpc) is 3.43. The fourth-order valence-electron chi connectivity index (χ4n) is 4.55. The third-order valence-corrected chi connectivity index (χ3v) is 6.22. The van der Waals surface area contributed by atoms with Crippen LogP contribution in [0.2, 0.25) is 0 Å². The van der Waals surface area contributed by atoms with Crippen LogP contribution in [0.15, 0.2) is 4.99 Å². The molecule has 11 nitrogen and oxygen atoms in total. The molecule has 194 valence electrons. The van der Waals surface area contributed by atoms with Crippen LogP contribution in [0.4, 0.5) is 18.0 Å². The molecule has 35 heavy (non-hydrogen) atoms. The number of urea groups is 1. The molecule has 0 aromatic heterocycles. The minimum Gasteiger partial charge on any atom is -0.475 e. The van der Waals surface area contributed by atoms with Crippen molar-refractivity contribution in [1.29, 1.82) is 0 Å². The largest absolute Gasteiger partial charge is 0.490 e. The van der Waals surface area contributed by atoms with Crippen LogP contribution in [-0.4, -0.2) is 119 Å². The Morgan fingerprint density at radius 1 is 1.31 bits per heavy atom. The normalized spacial score (nSPS) is 28.7. The quantitative estimate of drug-likeness (QED) is 0.519. The van der Waals surface area contributed by atoms with E-state index in [0.717, 1.165) is 45.0 Å². The van der Waals surface area contributed by atoms with Gasteiger partial charge in [0.2, 0.25) is 5.96 Å². The summed E-state index contributed by atoms with van der Waals surface area (Å²) in [4.78, 5) is 47.3. The monoisotopic (exact) mass is 502 g/mol. The molecule has 3 amide bonds. The lowest BCUT2D eigenvalue weighted by Crippen LogP contribution is -2.72. The molecule has 4 heterocycles. The van der Waals surface area contributed by atoms with Crippen LogP contribution in [0.1, 0.15) is 26.7 Å². The number of nitrogens with zero attached hydrogens (tertiary/aromatic N) is 5. The Morgan fingerprint density at radius 3 is 2.46 bits per heavy atom.